The molecular formula is C22H23BrClNO5. The Kier molecular flexibility index (Phi) is 9.33. The maximum absolute atomic E-state index is 13.0. The number of hydrogen-bond acceptors (Lipinski definition) is 5. The molecule has 0 N–H and O–H groups in total. The summed E-state index contributed by atoms with van der Waals surface area (Å²) in [6, 6.07) is 13.5. The molecule has 8 heteroatoms. The van der Waals surface area contributed by atoms with Gasteiger partial charge in [0, 0.05) is 22.7 Å². The van der Waals surface area contributed by atoms with Gasteiger partial charge in [0.25, 0.3) is 5.91 Å². The minimum Gasteiger partial charge on any atom is -0.465 e. The Morgan fingerprint density at radius 1 is 1.03 bits per heavy atom. The summed E-state index contributed by atoms with van der Waals surface area (Å²) in [6.07, 6.45) is 0.743. The van der Waals surface area contributed by atoms with Crippen molar-refractivity contribution >= 4 is 51.1 Å². The predicted molar refractivity (Wildman–Crippen MR) is 119 cm³/mol. The Balaban J connectivity index is 2.17. The maximum Gasteiger partial charge on any atom is 0.326 e. The van der Waals surface area contributed by atoms with Crippen molar-refractivity contribution in [3.8, 4) is 0 Å². The van der Waals surface area contributed by atoms with Crippen LogP contribution in [0.4, 0.5) is 5.69 Å². The molecular weight excluding hydrogens is 474 g/mol. The largest absolute Gasteiger partial charge is 0.465 e. The maximum atomic E-state index is 13.0. The lowest BCUT2D eigenvalue weighted by Crippen LogP contribution is -2.36. The van der Waals surface area contributed by atoms with Crippen LogP contribution in [0.15, 0.2) is 48.5 Å². The highest BCUT2D eigenvalue weighted by molar-refractivity contribution is 9.09. The van der Waals surface area contributed by atoms with Crippen molar-refractivity contribution in [2.24, 2.45) is 0 Å². The van der Waals surface area contributed by atoms with Crippen molar-refractivity contribution in [3.63, 3.8) is 0 Å². The number of anilines is 1. The van der Waals surface area contributed by atoms with Gasteiger partial charge in [0.15, 0.2) is 5.01 Å². The smallest absolute Gasteiger partial charge is 0.326 e. The first kappa shape index (κ1) is 23.9. The van der Waals surface area contributed by atoms with Crippen LogP contribution in [0.25, 0.3) is 0 Å². The van der Waals surface area contributed by atoms with Gasteiger partial charge in [0.1, 0.15) is 6.54 Å². The van der Waals surface area contributed by atoms with Crippen molar-refractivity contribution in [1.82, 2.24) is 0 Å². The number of hydrogen-bond donors (Lipinski definition) is 0. The van der Waals surface area contributed by atoms with Gasteiger partial charge in [-0.1, -0.05) is 23.7 Å². The average molecular weight is 497 g/mol. The number of rotatable bonds is 9. The molecule has 6 nitrogen and oxygen atoms in total. The first-order valence-corrected chi connectivity index (χ1v) is 10.7. The fraction of sp³-hybridized carbons (Fsp3) is 0.318. The molecule has 0 saturated carbocycles. The van der Waals surface area contributed by atoms with Gasteiger partial charge < -0.3 is 9.47 Å². The van der Waals surface area contributed by atoms with E-state index in [4.69, 9.17) is 21.1 Å². The van der Waals surface area contributed by atoms with E-state index < -0.39 is 5.97 Å². The third kappa shape index (κ3) is 7.46. The number of carbonyl (C=O) groups is 3. The summed E-state index contributed by atoms with van der Waals surface area (Å²) >= 11 is 9.07. The molecule has 0 fully saturated rings. The van der Waals surface area contributed by atoms with Gasteiger partial charge in [0.2, 0.25) is 0 Å². The topological polar surface area (TPSA) is 72.9 Å². The normalized spacial score (nSPS) is 11.5. The van der Waals surface area contributed by atoms with E-state index in [1.54, 1.807) is 50.2 Å². The SMILES string of the molecule is CCOC(=O)CN(C(=O)c1ccc(Cl)cc1)c1ccc(CCC(=O)OC(C)Br)cc1. The predicted octanol–water partition coefficient (Wildman–Crippen LogP) is 4.77. The first-order chi connectivity index (χ1) is 14.3. The Bertz CT molecular complexity index is 868. The van der Waals surface area contributed by atoms with E-state index >= 15 is 0 Å². The third-order valence-electron chi connectivity index (χ3n) is 4.09. The van der Waals surface area contributed by atoms with Crippen LogP contribution in [0.3, 0.4) is 0 Å². The zero-order chi connectivity index (χ0) is 22.1. The summed E-state index contributed by atoms with van der Waals surface area (Å²) in [5.41, 5.74) is 1.86. The molecule has 0 heterocycles. The van der Waals surface area contributed by atoms with E-state index in [1.165, 1.54) is 4.90 Å². The van der Waals surface area contributed by atoms with E-state index in [0.29, 0.717) is 22.7 Å². The molecule has 0 aliphatic rings. The van der Waals surface area contributed by atoms with Gasteiger partial charge in [-0.2, -0.15) is 0 Å². The number of ether oxygens (including phenoxy) is 2. The molecule has 2 rings (SSSR count). The molecule has 2 aromatic carbocycles. The zero-order valence-electron chi connectivity index (χ0n) is 16.8. The van der Waals surface area contributed by atoms with E-state index in [2.05, 4.69) is 15.9 Å². The lowest BCUT2D eigenvalue weighted by molar-refractivity contribution is -0.144. The Morgan fingerprint density at radius 3 is 2.23 bits per heavy atom. The van der Waals surface area contributed by atoms with E-state index in [0.717, 1.165) is 5.56 Å². The van der Waals surface area contributed by atoms with Gasteiger partial charge in [-0.05, 0) is 78.2 Å². The summed E-state index contributed by atoms with van der Waals surface area (Å²) in [7, 11) is 0. The highest BCUT2D eigenvalue weighted by Crippen LogP contribution is 2.20. The number of carbonyl (C=O) groups excluding carboxylic acids is 3. The van der Waals surface area contributed by atoms with Crippen molar-refractivity contribution in [1.29, 1.82) is 0 Å². The number of nitrogens with zero attached hydrogens (tertiary/aromatic N) is 1. The Hall–Kier alpha value is -2.38. The van der Waals surface area contributed by atoms with Crippen LogP contribution in [0, 0.1) is 0 Å². The molecule has 0 bridgehead atoms. The van der Waals surface area contributed by atoms with E-state index in [9.17, 15) is 14.4 Å². The second-order valence-corrected chi connectivity index (χ2v) is 8.13. The molecule has 2 aromatic rings. The molecule has 0 spiro atoms. The number of alkyl halides is 1. The van der Waals surface area contributed by atoms with Crippen LogP contribution in [0.5, 0.6) is 0 Å². The van der Waals surface area contributed by atoms with Gasteiger partial charge in [-0.15, -0.1) is 0 Å². The lowest BCUT2D eigenvalue weighted by atomic mass is 10.1. The van der Waals surface area contributed by atoms with E-state index in [1.807, 2.05) is 12.1 Å². The molecule has 30 heavy (non-hydrogen) atoms. The minimum atomic E-state index is -0.504. The monoisotopic (exact) mass is 495 g/mol. The molecule has 1 unspecified atom stereocenters. The molecule has 0 aromatic heterocycles. The van der Waals surface area contributed by atoms with Crippen molar-refractivity contribution in [2.45, 2.75) is 31.7 Å². The molecule has 1 atom stereocenters. The quantitative estimate of drug-likeness (QED) is 0.369. The summed E-state index contributed by atoms with van der Waals surface area (Å²) in [5.74, 6) is -1.15. The summed E-state index contributed by atoms with van der Waals surface area (Å²) < 4.78 is 10.1. The van der Waals surface area contributed by atoms with Gasteiger partial charge in [0.05, 0.1) is 6.61 Å². The summed E-state index contributed by atoms with van der Waals surface area (Å²) in [5, 5.41) is 0.184. The molecule has 0 aliphatic carbocycles. The minimum absolute atomic E-state index is 0.218. The fourth-order valence-corrected chi connectivity index (χ4v) is 3.03. The summed E-state index contributed by atoms with van der Waals surface area (Å²) in [4.78, 5) is 38.1. The van der Waals surface area contributed by atoms with Crippen LogP contribution in [0.1, 0.15) is 36.2 Å². The van der Waals surface area contributed by atoms with E-state index in [-0.39, 0.29) is 36.5 Å². The highest BCUT2D eigenvalue weighted by Gasteiger charge is 2.21. The number of amides is 1. The fourth-order valence-electron chi connectivity index (χ4n) is 2.69. The molecule has 0 radical (unpaired) electrons. The second kappa shape index (κ2) is 11.7. The summed E-state index contributed by atoms with van der Waals surface area (Å²) in [6.45, 7) is 3.44. The molecule has 1 amide bonds. The van der Waals surface area contributed by atoms with Crippen LogP contribution in [-0.4, -0.2) is 36.0 Å². The van der Waals surface area contributed by atoms with Gasteiger partial charge in [-0.25, -0.2) is 0 Å². The second-order valence-electron chi connectivity index (χ2n) is 6.40. The van der Waals surface area contributed by atoms with Gasteiger partial charge in [-0.3, -0.25) is 19.3 Å². The van der Waals surface area contributed by atoms with Gasteiger partial charge >= 0.3 is 11.9 Å². The van der Waals surface area contributed by atoms with Crippen molar-refractivity contribution in [3.05, 3.63) is 64.7 Å². The van der Waals surface area contributed by atoms with Crippen LogP contribution < -0.4 is 4.90 Å². The average Bonchev–Trinajstić information content (AvgIpc) is 2.71. The highest BCUT2D eigenvalue weighted by atomic mass is 79.9. The lowest BCUT2D eigenvalue weighted by Gasteiger charge is -2.22. The van der Waals surface area contributed by atoms with Crippen LogP contribution in [0.2, 0.25) is 5.02 Å². The Morgan fingerprint density at radius 2 is 1.67 bits per heavy atom. The number of esters is 2. The number of halogens is 2. The number of benzene rings is 2. The molecule has 160 valence electrons. The zero-order valence-corrected chi connectivity index (χ0v) is 19.1. The number of aryl methyl sites for hydroxylation is 1. The standard InChI is InChI=1S/C22H23BrClNO5/c1-3-29-21(27)14-25(22(28)17-7-9-18(24)10-8-17)19-11-4-16(5-12-19)6-13-20(26)30-15(2)23/h4-5,7-12,15H,3,6,13-14H2,1-2H3. The first-order valence-electron chi connectivity index (χ1n) is 9.45. The van der Waals surface area contributed by atoms with Crippen molar-refractivity contribution < 1.29 is 23.9 Å². The molecule has 0 saturated heterocycles. The van der Waals surface area contributed by atoms with Crippen LogP contribution in [-0.2, 0) is 25.5 Å². The van der Waals surface area contributed by atoms with Crippen molar-refractivity contribution in [2.75, 3.05) is 18.1 Å². The Labute approximate surface area is 189 Å². The van der Waals surface area contributed by atoms with Crippen LogP contribution >= 0.6 is 27.5 Å². The molecule has 0 aliphatic heterocycles. The third-order valence-corrected chi connectivity index (χ3v) is 4.53.